The predicted octanol–water partition coefficient (Wildman–Crippen LogP) is 3.92. The lowest BCUT2D eigenvalue weighted by molar-refractivity contribution is 0.102. The van der Waals surface area contributed by atoms with Crippen LogP contribution in [0.15, 0.2) is 23.8 Å². The number of hydrogen-bond donors (Lipinski definition) is 1. The zero-order valence-corrected chi connectivity index (χ0v) is 13.9. The maximum absolute atomic E-state index is 13.9. The summed E-state index contributed by atoms with van der Waals surface area (Å²) in [4.78, 5) is 12.2. The second-order valence-electron chi connectivity index (χ2n) is 5.65. The molecule has 0 bridgehead atoms. The standard InChI is InChI=1S/C16H18FIO2/c1-8(2)13(7-19)10-4-9(3)16(20)12-6-15(18)14(17)5-11(10)12/h4-6,8,10,13,19H,7H2,1-3H3/t10?,13-/m1/s1. The molecule has 1 aliphatic carbocycles. The number of rotatable bonds is 3. The number of aliphatic hydroxyl groups excluding tert-OH is 1. The molecule has 0 aliphatic heterocycles. The van der Waals surface area contributed by atoms with Crippen LogP contribution in [-0.2, 0) is 0 Å². The number of allylic oxidation sites excluding steroid dienone is 2. The molecule has 1 aromatic carbocycles. The van der Waals surface area contributed by atoms with E-state index >= 15 is 0 Å². The van der Waals surface area contributed by atoms with Crippen LogP contribution in [-0.4, -0.2) is 17.5 Å². The number of aliphatic hydroxyl groups is 1. The van der Waals surface area contributed by atoms with E-state index in [1.165, 1.54) is 6.07 Å². The molecule has 1 unspecified atom stereocenters. The molecule has 4 heteroatoms. The number of fused-ring (bicyclic) bond motifs is 1. The first-order valence-corrected chi connectivity index (χ1v) is 7.77. The van der Waals surface area contributed by atoms with Crippen LogP contribution in [0.2, 0.25) is 0 Å². The van der Waals surface area contributed by atoms with E-state index in [2.05, 4.69) is 0 Å². The molecule has 0 amide bonds. The number of carbonyl (C=O) groups is 1. The molecule has 2 atom stereocenters. The third-order valence-electron chi connectivity index (χ3n) is 4.01. The Kier molecular flexibility index (Phi) is 4.64. The molecule has 0 saturated heterocycles. The first-order chi connectivity index (χ1) is 9.36. The molecular weight excluding hydrogens is 370 g/mol. The van der Waals surface area contributed by atoms with Gasteiger partial charge in [0.15, 0.2) is 5.78 Å². The Balaban J connectivity index is 2.61. The molecular formula is C16H18FIO2. The van der Waals surface area contributed by atoms with E-state index in [4.69, 9.17) is 0 Å². The minimum absolute atomic E-state index is 0.0174. The third-order valence-corrected chi connectivity index (χ3v) is 4.84. The van der Waals surface area contributed by atoms with Crippen LogP contribution in [0.5, 0.6) is 0 Å². The van der Waals surface area contributed by atoms with Gasteiger partial charge >= 0.3 is 0 Å². The van der Waals surface area contributed by atoms with Gasteiger partial charge in [0.05, 0.1) is 0 Å². The van der Waals surface area contributed by atoms with Crippen LogP contribution in [0.4, 0.5) is 4.39 Å². The van der Waals surface area contributed by atoms with Crippen molar-refractivity contribution in [2.45, 2.75) is 26.7 Å². The van der Waals surface area contributed by atoms with E-state index in [-0.39, 0.29) is 36.0 Å². The first-order valence-electron chi connectivity index (χ1n) is 6.69. The van der Waals surface area contributed by atoms with Gasteiger partial charge in [-0.1, -0.05) is 19.9 Å². The average Bonchev–Trinajstić information content (AvgIpc) is 2.38. The molecule has 1 aromatic rings. The lowest BCUT2D eigenvalue weighted by atomic mass is 9.73. The Labute approximate surface area is 132 Å². The number of benzene rings is 1. The van der Waals surface area contributed by atoms with Crippen LogP contribution >= 0.6 is 22.6 Å². The zero-order chi connectivity index (χ0) is 15.0. The molecule has 1 N–H and O–H groups in total. The Morgan fingerprint density at radius 2 is 2.05 bits per heavy atom. The molecule has 1 aliphatic rings. The van der Waals surface area contributed by atoms with E-state index in [1.807, 2.05) is 42.5 Å². The summed E-state index contributed by atoms with van der Waals surface area (Å²) in [6, 6.07) is 3.07. The van der Waals surface area contributed by atoms with E-state index in [0.29, 0.717) is 20.3 Å². The summed E-state index contributed by atoms with van der Waals surface area (Å²) < 4.78 is 14.3. The molecule has 0 radical (unpaired) electrons. The summed E-state index contributed by atoms with van der Waals surface area (Å²) in [6.07, 6.45) is 1.87. The summed E-state index contributed by atoms with van der Waals surface area (Å²) in [5.41, 5.74) is 1.94. The van der Waals surface area contributed by atoms with Gasteiger partial charge in [0.1, 0.15) is 5.82 Å². The Morgan fingerprint density at radius 1 is 1.40 bits per heavy atom. The maximum Gasteiger partial charge on any atom is 0.188 e. The normalized spacial score (nSPS) is 19.9. The Morgan fingerprint density at radius 3 is 2.60 bits per heavy atom. The van der Waals surface area contributed by atoms with Crippen molar-refractivity contribution in [2.24, 2.45) is 11.8 Å². The third kappa shape index (κ3) is 2.68. The van der Waals surface area contributed by atoms with Crippen molar-refractivity contribution < 1.29 is 14.3 Å². The van der Waals surface area contributed by atoms with Crippen LogP contribution in [0.1, 0.15) is 42.6 Å². The highest BCUT2D eigenvalue weighted by molar-refractivity contribution is 14.1. The highest BCUT2D eigenvalue weighted by Gasteiger charge is 2.32. The quantitative estimate of drug-likeness (QED) is 0.798. The number of ketones is 1. The fourth-order valence-corrected chi connectivity index (χ4v) is 3.24. The lowest BCUT2D eigenvalue weighted by Gasteiger charge is -2.31. The van der Waals surface area contributed by atoms with E-state index in [0.717, 1.165) is 0 Å². The molecule has 2 rings (SSSR count). The van der Waals surface area contributed by atoms with Gasteiger partial charge < -0.3 is 5.11 Å². The number of halogens is 2. The highest BCUT2D eigenvalue weighted by atomic mass is 127. The smallest absolute Gasteiger partial charge is 0.188 e. The van der Waals surface area contributed by atoms with Crippen LogP contribution in [0.25, 0.3) is 0 Å². The molecule has 108 valence electrons. The fraction of sp³-hybridized carbons (Fsp3) is 0.438. The van der Waals surface area contributed by atoms with Crippen molar-refractivity contribution in [1.82, 2.24) is 0 Å². The minimum atomic E-state index is -0.310. The molecule has 2 nitrogen and oxygen atoms in total. The van der Waals surface area contributed by atoms with Crippen molar-refractivity contribution >= 4 is 28.4 Å². The van der Waals surface area contributed by atoms with Gasteiger partial charge in [0, 0.05) is 21.7 Å². The minimum Gasteiger partial charge on any atom is -0.396 e. The van der Waals surface area contributed by atoms with Crippen LogP contribution in [0, 0.1) is 21.2 Å². The van der Waals surface area contributed by atoms with E-state index in [1.54, 1.807) is 13.0 Å². The van der Waals surface area contributed by atoms with Crippen molar-refractivity contribution in [2.75, 3.05) is 6.61 Å². The topological polar surface area (TPSA) is 37.3 Å². The molecule has 0 spiro atoms. The maximum atomic E-state index is 13.9. The highest BCUT2D eigenvalue weighted by Crippen LogP contribution is 2.39. The van der Waals surface area contributed by atoms with Crippen molar-refractivity contribution in [3.63, 3.8) is 0 Å². The number of hydrogen-bond acceptors (Lipinski definition) is 2. The summed E-state index contributed by atoms with van der Waals surface area (Å²) >= 11 is 1.90. The van der Waals surface area contributed by atoms with Gasteiger partial charge in [-0.15, -0.1) is 0 Å². The van der Waals surface area contributed by atoms with Gasteiger partial charge in [-0.25, -0.2) is 4.39 Å². The second kappa shape index (κ2) is 5.93. The zero-order valence-electron chi connectivity index (χ0n) is 11.8. The number of Topliss-reactive ketones (excluding diaryl/α,β-unsaturated/α-hetero) is 1. The Bertz CT molecular complexity index is 578. The van der Waals surface area contributed by atoms with Crippen molar-refractivity contribution in [3.05, 3.63) is 44.3 Å². The van der Waals surface area contributed by atoms with Crippen LogP contribution < -0.4 is 0 Å². The summed E-state index contributed by atoms with van der Waals surface area (Å²) in [5.74, 6) is -0.238. The van der Waals surface area contributed by atoms with E-state index < -0.39 is 0 Å². The van der Waals surface area contributed by atoms with Gasteiger partial charge in [-0.3, -0.25) is 4.79 Å². The summed E-state index contributed by atoms with van der Waals surface area (Å²) in [6.45, 7) is 5.86. The average molecular weight is 388 g/mol. The molecule has 0 fully saturated rings. The predicted molar refractivity (Wildman–Crippen MR) is 85.4 cm³/mol. The van der Waals surface area contributed by atoms with Gasteiger partial charge in [0.2, 0.25) is 0 Å². The van der Waals surface area contributed by atoms with Gasteiger partial charge in [0.25, 0.3) is 0 Å². The lowest BCUT2D eigenvalue weighted by Crippen LogP contribution is -2.26. The first kappa shape index (κ1) is 15.6. The van der Waals surface area contributed by atoms with Gasteiger partial charge in [-0.05, 0) is 64.6 Å². The molecule has 20 heavy (non-hydrogen) atoms. The van der Waals surface area contributed by atoms with Gasteiger partial charge in [-0.2, -0.15) is 0 Å². The largest absolute Gasteiger partial charge is 0.396 e. The summed E-state index contributed by atoms with van der Waals surface area (Å²) in [5, 5.41) is 9.64. The number of carbonyl (C=O) groups excluding carboxylic acids is 1. The monoisotopic (exact) mass is 388 g/mol. The molecule has 0 heterocycles. The van der Waals surface area contributed by atoms with Crippen molar-refractivity contribution in [3.8, 4) is 0 Å². The summed E-state index contributed by atoms with van der Waals surface area (Å²) in [7, 11) is 0. The molecule has 0 aromatic heterocycles. The second-order valence-corrected chi connectivity index (χ2v) is 6.81. The Hall–Kier alpha value is -0.750. The van der Waals surface area contributed by atoms with Crippen LogP contribution in [0.3, 0.4) is 0 Å². The van der Waals surface area contributed by atoms with E-state index in [9.17, 15) is 14.3 Å². The molecule has 0 saturated carbocycles. The van der Waals surface area contributed by atoms with Crippen molar-refractivity contribution in [1.29, 1.82) is 0 Å². The fourth-order valence-electron chi connectivity index (χ4n) is 2.78. The SMILES string of the molecule is CC1=CC([C@H](CO)C(C)C)c2cc(F)c(I)cc2C1=O.